The van der Waals surface area contributed by atoms with Gasteiger partial charge in [-0.3, -0.25) is 9.59 Å². The van der Waals surface area contributed by atoms with Crippen molar-refractivity contribution in [3.05, 3.63) is 52.2 Å². The summed E-state index contributed by atoms with van der Waals surface area (Å²) in [6.45, 7) is 4.19. The number of thiophene rings is 1. The molecule has 1 aromatic carbocycles. The normalized spacial score (nSPS) is 16.8. The number of piperidine rings is 1. The van der Waals surface area contributed by atoms with Crippen LogP contribution in [-0.2, 0) is 16.1 Å². The highest BCUT2D eigenvalue weighted by molar-refractivity contribution is 7.10. The molecule has 1 aliphatic rings. The van der Waals surface area contributed by atoms with Crippen LogP contribution in [0.1, 0.15) is 29.7 Å². The van der Waals surface area contributed by atoms with E-state index in [4.69, 9.17) is 4.74 Å². The minimum Gasteiger partial charge on any atom is -0.493 e. The Bertz CT molecular complexity index is 760. The number of aryl methyl sites for hydroxylation is 1. The number of nitrogens with one attached hydrogen (secondary N) is 1. The Morgan fingerprint density at radius 1 is 1.26 bits per heavy atom. The van der Waals surface area contributed by atoms with Crippen molar-refractivity contribution in [3.63, 3.8) is 0 Å². The van der Waals surface area contributed by atoms with Gasteiger partial charge in [0.2, 0.25) is 11.8 Å². The van der Waals surface area contributed by atoms with Gasteiger partial charge in [-0.2, -0.15) is 0 Å². The lowest BCUT2D eigenvalue weighted by Gasteiger charge is -2.32. The highest BCUT2D eigenvalue weighted by atomic mass is 32.1. The lowest BCUT2D eigenvalue weighted by Crippen LogP contribution is -2.45. The molecule has 1 aromatic heterocycles. The van der Waals surface area contributed by atoms with E-state index in [0.29, 0.717) is 26.1 Å². The summed E-state index contributed by atoms with van der Waals surface area (Å²) in [5.41, 5.74) is 1.21. The highest BCUT2D eigenvalue weighted by Crippen LogP contribution is 2.19. The molecule has 2 heterocycles. The third-order valence-corrected chi connectivity index (χ3v) is 5.89. The number of hydrogen-bond donors (Lipinski definition) is 1. The number of carbonyl (C=O) groups excluding carboxylic acids is 2. The number of ether oxygens (including phenoxy) is 1. The van der Waals surface area contributed by atoms with E-state index in [0.717, 1.165) is 25.1 Å². The average Bonchev–Trinajstić information content (AvgIpc) is 3.11. The quantitative estimate of drug-likeness (QED) is 0.794. The van der Waals surface area contributed by atoms with Crippen molar-refractivity contribution in [2.24, 2.45) is 5.92 Å². The summed E-state index contributed by atoms with van der Waals surface area (Å²) < 4.78 is 5.61. The van der Waals surface area contributed by atoms with Gasteiger partial charge < -0.3 is 15.0 Å². The third-order valence-electron chi connectivity index (χ3n) is 4.86. The largest absolute Gasteiger partial charge is 0.493 e. The number of para-hydroxylation sites is 1. The maximum Gasteiger partial charge on any atom is 0.226 e. The van der Waals surface area contributed by atoms with Crippen LogP contribution in [0.3, 0.4) is 0 Å². The fourth-order valence-corrected chi connectivity index (χ4v) is 4.09. The van der Waals surface area contributed by atoms with E-state index in [1.807, 2.05) is 35.7 Å². The zero-order valence-electron chi connectivity index (χ0n) is 15.6. The molecule has 0 bridgehead atoms. The van der Waals surface area contributed by atoms with Crippen LogP contribution in [0.2, 0.25) is 0 Å². The van der Waals surface area contributed by atoms with Crippen molar-refractivity contribution in [3.8, 4) is 5.75 Å². The number of rotatable bonds is 7. The summed E-state index contributed by atoms with van der Waals surface area (Å²) in [6, 6.07) is 11.6. The Hall–Kier alpha value is -2.34. The zero-order valence-corrected chi connectivity index (χ0v) is 16.5. The first-order valence-corrected chi connectivity index (χ1v) is 10.3. The summed E-state index contributed by atoms with van der Waals surface area (Å²) in [7, 11) is 0. The second-order valence-corrected chi connectivity index (χ2v) is 7.84. The first kappa shape index (κ1) is 19.4. The van der Waals surface area contributed by atoms with Crippen LogP contribution in [0, 0.1) is 12.8 Å². The lowest BCUT2D eigenvalue weighted by atomic mass is 9.97. The van der Waals surface area contributed by atoms with Gasteiger partial charge >= 0.3 is 0 Å². The highest BCUT2D eigenvalue weighted by Gasteiger charge is 2.28. The van der Waals surface area contributed by atoms with Gasteiger partial charge in [0.1, 0.15) is 5.75 Å². The number of likely N-dealkylation sites (tertiary alicyclic amines) is 1. The summed E-state index contributed by atoms with van der Waals surface area (Å²) in [6.07, 6.45) is 2.03. The van der Waals surface area contributed by atoms with Gasteiger partial charge in [0.05, 0.1) is 25.5 Å². The van der Waals surface area contributed by atoms with E-state index in [1.54, 1.807) is 16.2 Å². The van der Waals surface area contributed by atoms with Crippen LogP contribution < -0.4 is 10.1 Å². The van der Waals surface area contributed by atoms with E-state index in [2.05, 4.69) is 18.3 Å². The fourth-order valence-electron chi connectivity index (χ4n) is 3.25. The first-order chi connectivity index (χ1) is 13.1. The van der Waals surface area contributed by atoms with Gasteiger partial charge in [-0.1, -0.05) is 18.2 Å². The predicted octanol–water partition coefficient (Wildman–Crippen LogP) is 3.38. The molecule has 0 saturated carbocycles. The van der Waals surface area contributed by atoms with Gasteiger partial charge in [0, 0.05) is 18.0 Å². The smallest absolute Gasteiger partial charge is 0.226 e. The monoisotopic (exact) mass is 386 g/mol. The number of hydrogen-bond acceptors (Lipinski definition) is 4. The third kappa shape index (κ3) is 5.57. The summed E-state index contributed by atoms with van der Waals surface area (Å²) >= 11 is 1.66. The maximum atomic E-state index is 12.5. The summed E-state index contributed by atoms with van der Waals surface area (Å²) in [5.74, 6) is 0.737. The predicted molar refractivity (Wildman–Crippen MR) is 107 cm³/mol. The van der Waals surface area contributed by atoms with E-state index >= 15 is 0 Å². The summed E-state index contributed by atoms with van der Waals surface area (Å²) in [4.78, 5) is 28.0. The Labute approximate surface area is 164 Å². The van der Waals surface area contributed by atoms with E-state index in [-0.39, 0.29) is 17.7 Å². The number of benzene rings is 1. The van der Waals surface area contributed by atoms with Gasteiger partial charge in [0.25, 0.3) is 0 Å². The molecule has 0 aliphatic carbocycles. The van der Waals surface area contributed by atoms with Crippen LogP contribution >= 0.6 is 11.3 Å². The molecule has 0 spiro atoms. The molecule has 1 saturated heterocycles. The van der Waals surface area contributed by atoms with Crippen LogP contribution in [0.5, 0.6) is 5.75 Å². The van der Waals surface area contributed by atoms with Gasteiger partial charge in [-0.25, -0.2) is 0 Å². The fraction of sp³-hybridized carbons (Fsp3) is 0.429. The minimum absolute atomic E-state index is 0.0424. The van der Waals surface area contributed by atoms with E-state index in [9.17, 15) is 9.59 Å². The molecule has 1 N–H and O–H groups in total. The van der Waals surface area contributed by atoms with Crippen molar-refractivity contribution >= 4 is 23.2 Å². The Morgan fingerprint density at radius 2 is 2.07 bits per heavy atom. The zero-order chi connectivity index (χ0) is 19.1. The van der Waals surface area contributed by atoms with E-state index in [1.165, 1.54) is 10.4 Å². The number of nitrogens with zero attached hydrogens (tertiary/aromatic N) is 1. The first-order valence-electron chi connectivity index (χ1n) is 9.40. The molecule has 2 amide bonds. The second-order valence-electron chi connectivity index (χ2n) is 6.84. The lowest BCUT2D eigenvalue weighted by molar-refractivity contribution is -0.136. The Morgan fingerprint density at radius 3 is 2.81 bits per heavy atom. The van der Waals surface area contributed by atoms with Crippen molar-refractivity contribution in [2.45, 2.75) is 32.7 Å². The SMILES string of the molecule is Cc1ccsc1CNC(=O)C1CCCN(C(=O)CCOc2ccccc2)C1. The van der Waals surface area contributed by atoms with Crippen molar-refractivity contribution in [1.29, 1.82) is 0 Å². The Balaban J connectivity index is 1.43. The molecular formula is C21H26N2O3S. The van der Waals surface area contributed by atoms with Crippen LogP contribution in [0.15, 0.2) is 41.8 Å². The molecule has 1 atom stereocenters. The molecule has 144 valence electrons. The second kappa shape index (κ2) is 9.55. The van der Waals surface area contributed by atoms with Crippen LogP contribution in [0.4, 0.5) is 0 Å². The standard InChI is InChI=1S/C21H26N2O3S/c1-16-10-13-27-19(16)14-22-21(25)17-6-5-11-23(15-17)20(24)9-12-26-18-7-3-2-4-8-18/h2-4,7-8,10,13,17H,5-6,9,11-12,14-15H2,1H3,(H,22,25). The van der Waals surface area contributed by atoms with Gasteiger partial charge in [0.15, 0.2) is 0 Å². The molecule has 6 heteroatoms. The Kier molecular flexibility index (Phi) is 6.87. The molecule has 3 rings (SSSR count). The van der Waals surface area contributed by atoms with Crippen molar-refractivity contribution < 1.29 is 14.3 Å². The molecule has 1 fully saturated rings. The van der Waals surface area contributed by atoms with Crippen LogP contribution in [0.25, 0.3) is 0 Å². The molecule has 1 aliphatic heterocycles. The van der Waals surface area contributed by atoms with Gasteiger partial charge in [-0.05, 0) is 48.9 Å². The molecule has 1 unspecified atom stereocenters. The molecule has 2 aromatic rings. The maximum absolute atomic E-state index is 12.5. The van der Waals surface area contributed by atoms with Crippen molar-refractivity contribution in [1.82, 2.24) is 10.2 Å². The van der Waals surface area contributed by atoms with E-state index < -0.39 is 0 Å². The minimum atomic E-state index is -0.127. The molecular weight excluding hydrogens is 360 g/mol. The number of carbonyl (C=O) groups is 2. The summed E-state index contributed by atoms with van der Waals surface area (Å²) in [5, 5.41) is 5.07. The average molecular weight is 387 g/mol. The molecule has 5 nitrogen and oxygen atoms in total. The topological polar surface area (TPSA) is 58.6 Å². The number of amides is 2. The molecule has 27 heavy (non-hydrogen) atoms. The van der Waals surface area contributed by atoms with Gasteiger partial charge in [-0.15, -0.1) is 11.3 Å². The van der Waals surface area contributed by atoms with Crippen molar-refractivity contribution in [2.75, 3.05) is 19.7 Å². The molecule has 0 radical (unpaired) electrons. The van der Waals surface area contributed by atoms with Crippen LogP contribution in [-0.4, -0.2) is 36.4 Å².